The van der Waals surface area contributed by atoms with Gasteiger partial charge in [-0.25, -0.2) is 4.79 Å². The third kappa shape index (κ3) is 7.38. The van der Waals surface area contributed by atoms with Gasteiger partial charge >= 0.3 is 5.97 Å². The van der Waals surface area contributed by atoms with Crippen LogP contribution in [0.4, 0.5) is 5.69 Å². The Labute approximate surface area is 228 Å². The molecular formula is C34H41NO3. The minimum atomic E-state index is -0.336. The molecular weight excluding hydrogens is 470 g/mol. The predicted octanol–water partition coefficient (Wildman–Crippen LogP) is 8.52. The Bertz CT molecular complexity index is 1150. The van der Waals surface area contributed by atoms with Crippen LogP contribution in [0.5, 0.6) is 5.75 Å². The zero-order chi connectivity index (χ0) is 27.3. The number of nitrogens with zero attached hydrogens (tertiary/aromatic N) is 1. The highest BCUT2D eigenvalue weighted by Crippen LogP contribution is 2.42. The lowest BCUT2D eigenvalue weighted by Crippen LogP contribution is -2.34. The van der Waals surface area contributed by atoms with Crippen molar-refractivity contribution in [3.05, 3.63) is 115 Å². The van der Waals surface area contributed by atoms with E-state index in [9.17, 15) is 4.79 Å². The SMILES string of the molecule is C=CCN(c1ccc(OC)cc1)C(c1ccccc1)C(CCCCCC)C(=C)c1ccc(C(=O)OC)cc1. The summed E-state index contributed by atoms with van der Waals surface area (Å²) in [6.07, 6.45) is 7.68. The molecule has 4 heteroatoms. The van der Waals surface area contributed by atoms with Gasteiger partial charge in [0.2, 0.25) is 0 Å². The lowest BCUT2D eigenvalue weighted by Gasteiger charge is -2.40. The van der Waals surface area contributed by atoms with Crippen LogP contribution in [0.2, 0.25) is 0 Å². The maximum atomic E-state index is 12.0. The summed E-state index contributed by atoms with van der Waals surface area (Å²) in [6.45, 7) is 11.7. The van der Waals surface area contributed by atoms with Crippen LogP contribution in [0, 0.1) is 5.92 Å². The van der Waals surface area contributed by atoms with Crippen LogP contribution in [0.15, 0.2) is 98.1 Å². The summed E-state index contributed by atoms with van der Waals surface area (Å²) < 4.78 is 10.3. The zero-order valence-electron chi connectivity index (χ0n) is 23.1. The normalized spacial score (nSPS) is 12.3. The molecule has 0 saturated carbocycles. The highest BCUT2D eigenvalue weighted by atomic mass is 16.5. The van der Waals surface area contributed by atoms with Crippen LogP contribution in [0.3, 0.4) is 0 Å². The van der Waals surface area contributed by atoms with Crippen LogP contribution < -0.4 is 9.64 Å². The first-order valence-corrected chi connectivity index (χ1v) is 13.5. The molecule has 200 valence electrons. The summed E-state index contributed by atoms with van der Waals surface area (Å²) in [7, 11) is 3.09. The molecule has 2 unspecified atom stereocenters. The van der Waals surface area contributed by atoms with Crippen molar-refractivity contribution in [1.29, 1.82) is 0 Å². The molecule has 38 heavy (non-hydrogen) atoms. The van der Waals surface area contributed by atoms with Gasteiger partial charge in [0.25, 0.3) is 0 Å². The number of anilines is 1. The van der Waals surface area contributed by atoms with E-state index < -0.39 is 0 Å². The van der Waals surface area contributed by atoms with Crippen LogP contribution in [-0.2, 0) is 4.74 Å². The van der Waals surface area contributed by atoms with Crippen molar-refractivity contribution >= 4 is 17.2 Å². The second-order valence-electron chi connectivity index (χ2n) is 9.54. The van der Waals surface area contributed by atoms with Gasteiger partial charge in [-0.1, -0.05) is 87.7 Å². The van der Waals surface area contributed by atoms with E-state index in [0.717, 1.165) is 35.4 Å². The van der Waals surface area contributed by atoms with E-state index in [4.69, 9.17) is 9.47 Å². The van der Waals surface area contributed by atoms with E-state index in [1.165, 1.54) is 31.9 Å². The topological polar surface area (TPSA) is 38.8 Å². The van der Waals surface area contributed by atoms with Gasteiger partial charge in [-0.05, 0) is 59.5 Å². The molecule has 0 radical (unpaired) electrons. The van der Waals surface area contributed by atoms with Crippen molar-refractivity contribution in [2.45, 2.75) is 45.1 Å². The number of hydrogen-bond donors (Lipinski definition) is 0. The zero-order valence-corrected chi connectivity index (χ0v) is 23.1. The monoisotopic (exact) mass is 511 g/mol. The Hall–Kier alpha value is -3.79. The molecule has 0 aromatic heterocycles. The largest absolute Gasteiger partial charge is 0.497 e. The minimum Gasteiger partial charge on any atom is -0.497 e. The Morgan fingerprint density at radius 2 is 1.55 bits per heavy atom. The molecule has 0 spiro atoms. The van der Waals surface area contributed by atoms with Gasteiger partial charge in [0.1, 0.15) is 5.75 Å². The molecule has 0 aliphatic rings. The predicted molar refractivity (Wildman–Crippen MR) is 159 cm³/mol. The molecule has 0 aliphatic carbocycles. The third-order valence-corrected chi connectivity index (χ3v) is 7.08. The fraction of sp³-hybridized carbons (Fsp3) is 0.324. The summed E-state index contributed by atoms with van der Waals surface area (Å²) in [5.74, 6) is 0.632. The van der Waals surface area contributed by atoms with Gasteiger partial charge in [-0.3, -0.25) is 0 Å². The van der Waals surface area contributed by atoms with Crippen molar-refractivity contribution < 1.29 is 14.3 Å². The summed E-state index contributed by atoms with van der Waals surface area (Å²) in [4.78, 5) is 14.4. The molecule has 3 aromatic carbocycles. The van der Waals surface area contributed by atoms with Crippen molar-refractivity contribution in [2.75, 3.05) is 25.7 Å². The van der Waals surface area contributed by atoms with E-state index in [1.54, 1.807) is 7.11 Å². The summed E-state index contributed by atoms with van der Waals surface area (Å²) in [6, 6.07) is 26.6. The number of benzene rings is 3. The van der Waals surface area contributed by atoms with E-state index in [2.05, 4.69) is 67.4 Å². The maximum absolute atomic E-state index is 12.0. The number of methoxy groups -OCH3 is 2. The third-order valence-electron chi connectivity index (χ3n) is 7.08. The van der Waals surface area contributed by atoms with E-state index >= 15 is 0 Å². The Morgan fingerprint density at radius 3 is 2.13 bits per heavy atom. The Kier molecular flexibility index (Phi) is 11.2. The number of carbonyl (C=O) groups is 1. The number of carbonyl (C=O) groups excluding carboxylic acids is 1. The van der Waals surface area contributed by atoms with Gasteiger partial charge in [-0.2, -0.15) is 0 Å². The van der Waals surface area contributed by atoms with E-state index in [1.807, 2.05) is 42.5 Å². The number of esters is 1. The highest BCUT2D eigenvalue weighted by Gasteiger charge is 2.31. The first kappa shape index (κ1) is 28.8. The van der Waals surface area contributed by atoms with Crippen LogP contribution in [-0.4, -0.2) is 26.7 Å². The molecule has 0 amide bonds. The van der Waals surface area contributed by atoms with Crippen LogP contribution >= 0.6 is 0 Å². The molecule has 2 atom stereocenters. The second kappa shape index (κ2) is 14.8. The molecule has 3 aromatic rings. The maximum Gasteiger partial charge on any atom is 0.337 e. The molecule has 0 N–H and O–H groups in total. The average Bonchev–Trinajstić information content (AvgIpc) is 2.98. The molecule has 3 rings (SSSR count). The first-order valence-electron chi connectivity index (χ1n) is 13.5. The standard InChI is InChI=1S/C34H41NO3/c1-6-8-9-13-16-32(26(3)27-17-19-29(20-18-27)34(36)38-5)33(28-14-11-10-12-15-28)35(25-7-2)30-21-23-31(37-4)24-22-30/h7,10-12,14-15,17-24,32-33H,2-3,6,8-9,13,16,25H2,1,4-5H3. The molecule has 4 nitrogen and oxygen atoms in total. The summed E-state index contributed by atoms with van der Waals surface area (Å²) in [5, 5.41) is 0. The number of hydrogen-bond acceptors (Lipinski definition) is 4. The van der Waals surface area contributed by atoms with Gasteiger partial charge in [0.05, 0.1) is 25.8 Å². The highest BCUT2D eigenvalue weighted by molar-refractivity contribution is 5.89. The van der Waals surface area contributed by atoms with Crippen LogP contribution in [0.25, 0.3) is 5.57 Å². The summed E-state index contributed by atoms with van der Waals surface area (Å²) >= 11 is 0. The van der Waals surface area contributed by atoms with Crippen molar-refractivity contribution in [2.24, 2.45) is 5.92 Å². The fourth-order valence-electron chi connectivity index (χ4n) is 5.04. The van der Waals surface area contributed by atoms with Crippen molar-refractivity contribution in [3.63, 3.8) is 0 Å². The van der Waals surface area contributed by atoms with E-state index in [0.29, 0.717) is 12.1 Å². The van der Waals surface area contributed by atoms with Crippen molar-refractivity contribution in [3.8, 4) is 5.75 Å². The number of ether oxygens (including phenoxy) is 2. The average molecular weight is 512 g/mol. The first-order chi connectivity index (χ1) is 18.5. The Balaban J connectivity index is 2.09. The lowest BCUT2D eigenvalue weighted by atomic mass is 9.79. The van der Waals surface area contributed by atoms with Crippen molar-refractivity contribution in [1.82, 2.24) is 0 Å². The molecule has 0 heterocycles. The minimum absolute atomic E-state index is 0.0389. The fourth-order valence-corrected chi connectivity index (χ4v) is 5.04. The number of rotatable bonds is 15. The number of unbranched alkanes of at least 4 members (excludes halogenated alkanes) is 3. The molecule has 0 saturated heterocycles. The summed E-state index contributed by atoms with van der Waals surface area (Å²) in [5.41, 5.74) is 4.97. The van der Waals surface area contributed by atoms with Gasteiger partial charge in [0, 0.05) is 18.2 Å². The molecule has 0 fully saturated rings. The van der Waals surface area contributed by atoms with E-state index in [-0.39, 0.29) is 17.9 Å². The smallest absolute Gasteiger partial charge is 0.337 e. The Morgan fingerprint density at radius 1 is 0.895 bits per heavy atom. The van der Waals surface area contributed by atoms with Gasteiger partial charge < -0.3 is 14.4 Å². The second-order valence-corrected chi connectivity index (χ2v) is 9.54. The molecule has 0 bridgehead atoms. The van der Waals surface area contributed by atoms with Crippen LogP contribution in [0.1, 0.15) is 66.6 Å². The quantitative estimate of drug-likeness (QED) is 0.116. The van der Waals surface area contributed by atoms with Gasteiger partial charge in [-0.15, -0.1) is 6.58 Å². The van der Waals surface area contributed by atoms with Gasteiger partial charge in [0.15, 0.2) is 0 Å². The lowest BCUT2D eigenvalue weighted by molar-refractivity contribution is 0.0600. The molecule has 0 aliphatic heterocycles.